The highest BCUT2D eigenvalue weighted by molar-refractivity contribution is 8.93. The van der Waals surface area contributed by atoms with Gasteiger partial charge < -0.3 is 5.11 Å². The van der Waals surface area contributed by atoms with E-state index >= 15 is 0 Å². The molecule has 8 heavy (non-hydrogen) atoms. The van der Waals surface area contributed by atoms with Crippen LogP contribution in [0.4, 0.5) is 0 Å². The van der Waals surface area contributed by atoms with Crippen LogP contribution in [0.5, 0.6) is 0 Å². The molecule has 0 aromatic heterocycles. The summed E-state index contributed by atoms with van der Waals surface area (Å²) >= 11 is 0. The highest BCUT2D eigenvalue weighted by atomic mass is 79.9. The van der Waals surface area contributed by atoms with E-state index in [9.17, 15) is 8.42 Å². The first-order chi connectivity index (χ1) is 3.06. The van der Waals surface area contributed by atoms with E-state index in [-0.39, 0.29) is 17.0 Å². The fraction of sp³-hybridized carbons (Fsp3) is 1.00. The summed E-state index contributed by atoms with van der Waals surface area (Å²) in [6.07, 6.45) is 0. The topological polar surface area (TPSA) is 74.6 Å². The molecule has 0 aliphatic heterocycles. The Bertz CT molecular complexity index is 127. The van der Waals surface area contributed by atoms with Gasteiger partial charge in [0.15, 0.2) is 0 Å². The van der Waals surface area contributed by atoms with E-state index in [4.69, 9.17) is 9.66 Å². The number of hydrogen-bond acceptors (Lipinski definition) is 3. The molecule has 0 spiro atoms. The second-order valence-electron chi connectivity index (χ2n) is 1.01. The van der Waals surface area contributed by atoms with Crippen molar-refractivity contribution in [1.82, 2.24) is 0 Å². The van der Waals surface area contributed by atoms with Crippen LogP contribution in [0.3, 0.4) is 0 Å². The van der Waals surface area contributed by atoms with Crippen molar-refractivity contribution in [2.75, 3.05) is 12.4 Å². The standard InChI is InChI=1S/C2H6O4S.BrH/c3-1-2-7(4,5)6;/h3H,1-2H2,(H,4,5,6);1H. The summed E-state index contributed by atoms with van der Waals surface area (Å²) in [6, 6.07) is 0. The first kappa shape index (κ1) is 11.2. The molecular formula is C2H7BrO4S. The highest BCUT2D eigenvalue weighted by Crippen LogP contribution is 1.75. The zero-order chi connectivity index (χ0) is 5.91. The smallest absolute Gasteiger partial charge is 0.267 e. The average Bonchev–Trinajstić information content (AvgIpc) is 1.30. The van der Waals surface area contributed by atoms with Crippen LogP contribution in [0.25, 0.3) is 0 Å². The molecule has 0 aliphatic carbocycles. The average molecular weight is 207 g/mol. The number of halogens is 1. The van der Waals surface area contributed by atoms with Crippen molar-refractivity contribution in [3.63, 3.8) is 0 Å². The van der Waals surface area contributed by atoms with E-state index in [2.05, 4.69) is 0 Å². The lowest BCUT2D eigenvalue weighted by molar-refractivity contribution is 0.315. The number of rotatable bonds is 2. The van der Waals surface area contributed by atoms with Gasteiger partial charge in [-0.3, -0.25) is 4.55 Å². The second-order valence-corrected chi connectivity index (χ2v) is 2.58. The van der Waals surface area contributed by atoms with Crippen molar-refractivity contribution in [2.45, 2.75) is 0 Å². The number of aliphatic hydroxyl groups is 1. The molecule has 0 atom stereocenters. The van der Waals surface area contributed by atoms with Gasteiger partial charge in [0.25, 0.3) is 10.1 Å². The van der Waals surface area contributed by atoms with Crippen LogP contribution in [-0.4, -0.2) is 30.4 Å². The maximum Gasteiger partial charge on any atom is 0.267 e. The van der Waals surface area contributed by atoms with Crippen LogP contribution >= 0.6 is 17.0 Å². The predicted octanol–water partition coefficient (Wildman–Crippen LogP) is -0.556. The van der Waals surface area contributed by atoms with E-state index in [0.717, 1.165) is 0 Å². The quantitative estimate of drug-likeness (QED) is 0.595. The molecule has 2 N–H and O–H groups in total. The van der Waals surface area contributed by atoms with E-state index in [1.807, 2.05) is 0 Å². The highest BCUT2D eigenvalue weighted by Gasteiger charge is 1.99. The van der Waals surface area contributed by atoms with Crippen LogP contribution in [0, 0.1) is 0 Å². The fourth-order valence-electron chi connectivity index (χ4n) is 0.115. The third kappa shape index (κ3) is 9.61. The molecule has 0 fully saturated rings. The van der Waals surface area contributed by atoms with E-state index < -0.39 is 22.5 Å². The number of hydrogen-bond donors (Lipinski definition) is 2. The van der Waals surface area contributed by atoms with Gasteiger partial charge in [-0.05, 0) is 0 Å². The molecule has 0 aromatic carbocycles. The minimum Gasteiger partial charge on any atom is -0.395 e. The maximum atomic E-state index is 9.63. The lowest BCUT2D eigenvalue weighted by Crippen LogP contribution is -2.06. The molecule has 0 radical (unpaired) electrons. The molecule has 0 rings (SSSR count). The molecule has 6 heteroatoms. The van der Waals surface area contributed by atoms with E-state index in [0.29, 0.717) is 0 Å². The first-order valence-electron chi connectivity index (χ1n) is 1.62. The van der Waals surface area contributed by atoms with Crippen molar-refractivity contribution in [1.29, 1.82) is 0 Å². The molecule has 0 aliphatic rings. The van der Waals surface area contributed by atoms with Crippen molar-refractivity contribution in [3.05, 3.63) is 0 Å². The summed E-state index contributed by atoms with van der Waals surface area (Å²) in [7, 11) is -3.92. The molecule has 0 heterocycles. The van der Waals surface area contributed by atoms with Gasteiger partial charge in [-0.15, -0.1) is 17.0 Å². The number of aliphatic hydroxyl groups excluding tert-OH is 1. The Morgan fingerprint density at radius 3 is 1.75 bits per heavy atom. The Morgan fingerprint density at radius 1 is 1.38 bits per heavy atom. The van der Waals surface area contributed by atoms with Gasteiger partial charge in [0.2, 0.25) is 0 Å². The second kappa shape index (κ2) is 4.25. The largest absolute Gasteiger partial charge is 0.395 e. The summed E-state index contributed by atoms with van der Waals surface area (Å²) in [6.45, 7) is -0.529. The van der Waals surface area contributed by atoms with E-state index in [1.54, 1.807) is 0 Å². The van der Waals surface area contributed by atoms with E-state index in [1.165, 1.54) is 0 Å². The van der Waals surface area contributed by atoms with Gasteiger partial charge in [-0.1, -0.05) is 0 Å². The summed E-state index contributed by atoms with van der Waals surface area (Å²) in [5.74, 6) is -0.576. The summed E-state index contributed by atoms with van der Waals surface area (Å²) in [4.78, 5) is 0. The minimum atomic E-state index is -3.92. The molecule has 0 amide bonds. The van der Waals surface area contributed by atoms with Gasteiger partial charge in [0, 0.05) is 0 Å². The molecular weight excluding hydrogens is 200 g/mol. The van der Waals surface area contributed by atoms with Crippen LogP contribution in [-0.2, 0) is 10.1 Å². The van der Waals surface area contributed by atoms with Crippen LogP contribution in [0.2, 0.25) is 0 Å². The Morgan fingerprint density at radius 2 is 1.75 bits per heavy atom. The molecule has 52 valence electrons. The SMILES string of the molecule is Br.O=S(=O)(O)CCO. The molecule has 0 saturated carbocycles. The van der Waals surface area contributed by atoms with Crippen molar-refractivity contribution in [3.8, 4) is 0 Å². The zero-order valence-corrected chi connectivity index (χ0v) is 6.47. The fourth-order valence-corrected chi connectivity index (χ4v) is 0.346. The lowest BCUT2D eigenvalue weighted by atomic mass is 10.9. The molecule has 0 bridgehead atoms. The van der Waals surface area contributed by atoms with Gasteiger partial charge in [-0.25, -0.2) is 0 Å². The Hall–Kier alpha value is 0.350. The zero-order valence-electron chi connectivity index (χ0n) is 3.94. The van der Waals surface area contributed by atoms with Crippen molar-refractivity contribution < 1.29 is 18.1 Å². The summed E-state index contributed by atoms with van der Waals surface area (Å²) in [5, 5.41) is 7.86. The van der Waals surface area contributed by atoms with Gasteiger partial charge in [0.1, 0.15) is 0 Å². The van der Waals surface area contributed by atoms with Gasteiger partial charge in [-0.2, -0.15) is 8.42 Å². The monoisotopic (exact) mass is 206 g/mol. The third-order valence-corrected chi connectivity index (χ3v) is 1.05. The molecule has 0 saturated heterocycles. The van der Waals surface area contributed by atoms with Gasteiger partial charge in [0.05, 0.1) is 12.4 Å². The molecule has 0 aromatic rings. The molecule has 4 nitrogen and oxygen atoms in total. The van der Waals surface area contributed by atoms with Gasteiger partial charge >= 0.3 is 0 Å². The van der Waals surface area contributed by atoms with Crippen LogP contribution < -0.4 is 0 Å². The lowest BCUT2D eigenvalue weighted by Gasteiger charge is -1.85. The molecule has 0 unspecified atom stereocenters. The minimum absolute atomic E-state index is 0. The normalized spacial score (nSPS) is 10.2. The van der Waals surface area contributed by atoms with Crippen molar-refractivity contribution >= 4 is 27.1 Å². The maximum absolute atomic E-state index is 9.63. The van der Waals surface area contributed by atoms with Crippen LogP contribution in [0.15, 0.2) is 0 Å². The Balaban J connectivity index is 0. The summed E-state index contributed by atoms with van der Waals surface area (Å²) < 4.78 is 27.1. The van der Waals surface area contributed by atoms with Crippen molar-refractivity contribution in [2.24, 2.45) is 0 Å². The summed E-state index contributed by atoms with van der Waals surface area (Å²) in [5.41, 5.74) is 0. The third-order valence-electron chi connectivity index (χ3n) is 0.349. The Labute approximate surface area is 58.0 Å². The first-order valence-corrected chi connectivity index (χ1v) is 3.23. The predicted molar refractivity (Wildman–Crippen MR) is 33.8 cm³/mol. The Kier molecular flexibility index (Phi) is 5.94. The van der Waals surface area contributed by atoms with Crippen LogP contribution in [0.1, 0.15) is 0 Å².